The Labute approximate surface area is 486 Å². The lowest BCUT2D eigenvalue weighted by Gasteiger charge is -2.12. The molecule has 10 rings (SSSR count). The molecule has 6 aromatic carbocycles. The van der Waals surface area contributed by atoms with Gasteiger partial charge in [0.25, 0.3) is 0 Å². The van der Waals surface area contributed by atoms with Gasteiger partial charge < -0.3 is 38.3 Å². The molecule has 82 heavy (non-hydrogen) atoms. The number of pyridine rings is 2. The lowest BCUT2D eigenvalue weighted by atomic mass is 10.0. The summed E-state index contributed by atoms with van der Waals surface area (Å²) in [4.78, 5) is 40.6. The van der Waals surface area contributed by atoms with Crippen molar-refractivity contribution in [1.29, 1.82) is 0 Å². The topological polar surface area (TPSA) is 173 Å². The summed E-state index contributed by atoms with van der Waals surface area (Å²) in [5.41, 5.74) is 3.84. The maximum Gasteiger partial charge on any atom is 0.335 e. The molecule has 0 aliphatic heterocycles. The molecule has 14 nitrogen and oxygen atoms in total. The van der Waals surface area contributed by atoms with Crippen LogP contribution in [-0.4, -0.2) is 78.7 Å². The third kappa shape index (κ3) is 13.8. The quantitative estimate of drug-likeness (QED) is 0.0693. The summed E-state index contributed by atoms with van der Waals surface area (Å²) < 4.78 is 85.6. The number of carboxylic acid groups (broad SMARTS) is 2. The van der Waals surface area contributed by atoms with Crippen LogP contribution in [0.15, 0.2) is 133 Å². The summed E-state index contributed by atoms with van der Waals surface area (Å²) >= 11 is 25.0. The number of ether oxygens (including phenoxy) is 4. The first-order valence-corrected chi connectivity index (χ1v) is 26.4. The zero-order valence-electron chi connectivity index (χ0n) is 43.4. The average Bonchev–Trinajstić information content (AvgIpc) is 4.07. The third-order valence-electron chi connectivity index (χ3n) is 12.9. The third-order valence-corrected chi connectivity index (χ3v) is 14.1. The van der Waals surface area contributed by atoms with E-state index in [1.807, 2.05) is 24.3 Å². The Kier molecular flexibility index (Phi) is 18.7. The summed E-state index contributed by atoms with van der Waals surface area (Å²) in [6.07, 6.45) is 0.127. The van der Waals surface area contributed by atoms with Gasteiger partial charge in [0.05, 0.1) is 46.8 Å². The Balaban J connectivity index is 0.000000198. The summed E-state index contributed by atoms with van der Waals surface area (Å²) in [6, 6.07) is 34.6. The van der Waals surface area contributed by atoms with Crippen LogP contribution in [0.4, 0.5) is 17.6 Å². The van der Waals surface area contributed by atoms with Crippen molar-refractivity contribution in [2.24, 2.45) is 0 Å². The van der Waals surface area contributed by atoms with Crippen molar-refractivity contribution < 1.29 is 56.3 Å². The fraction of sp³-hybridized carbons (Fsp3) is 0.167. The fourth-order valence-electron chi connectivity index (χ4n) is 8.79. The number of aromatic carboxylic acids is 2. The second kappa shape index (κ2) is 26.2. The molecule has 22 heteroatoms. The number of carboxylic acids is 2. The zero-order chi connectivity index (χ0) is 58.2. The standard InChI is InChI=1S/2C30H23Cl2F2N3O4/c2*1-40-10-9-37-26-13-19(30(38)39)12-24(34)29(26)36-27(37)14-18-11-23(33)21(15-22(18)32)25-3-2-4-28(35-25)41-16-17-5-7-20(31)8-6-17/h2*2-8,11-13,15H,9-10,14,16H2,1H3,(H,38,39). The number of benzene rings is 6. The van der Waals surface area contributed by atoms with E-state index in [2.05, 4.69) is 19.9 Å². The minimum absolute atomic E-state index is 0.00827. The smallest absolute Gasteiger partial charge is 0.335 e. The van der Waals surface area contributed by atoms with Crippen LogP contribution in [0, 0.1) is 23.3 Å². The predicted octanol–water partition coefficient (Wildman–Crippen LogP) is 14.4. The van der Waals surface area contributed by atoms with E-state index in [1.54, 1.807) is 69.8 Å². The second-order valence-electron chi connectivity index (χ2n) is 18.4. The minimum Gasteiger partial charge on any atom is -0.478 e. The molecule has 0 bridgehead atoms. The largest absolute Gasteiger partial charge is 0.478 e. The maximum absolute atomic E-state index is 15.4. The molecule has 4 aromatic heterocycles. The molecule has 0 aliphatic carbocycles. The van der Waals surface area contributed by atoms with Gasteiger partial charge in [-0.1, -0.05) is 82.8 Å². The fourth-order valence-corrected chi connectivity index (χ4v) is 9.50. The molecule has 420 valence electrons. The van der Waals surface area contributed by atoms with Crippen molar-refractivity contribution in [1.82, 2.24) is 29.1 Å². The number of aromatic nitrogens is 6. The van der Waals surface area contributed by atoms with Crippen molar-refractivity contribution >= 4 is 80.4 Å². The van der Waals surface area contributed by atoms with Gasteiger partial charge in [0, 0.05) is 83.5 Å². The van der Waals surface area contributed by atoms with Gasteiger partial charge in [0.15, 0.2) is 11.6 Å². The zero-order valence-corrected chi connectivity index (χ0v) is 46.4. The van der Waals surface area contributed by atoms with Crippen molar-refractivity contribution in [3.05, 3.63) is 222 Å². The van der Waals surface area contributed by atoms with Gasteiger partial charge in [-0.2, -0.15) is 0 Å². The van der Waals surface area contributed by atoms with Gasteiger partial charge in [-0.05, 0) is 107 Å². The Bertz CT molecular complexity index is 3740. The van der Waals surface area contributed by atoms with Crippen molar-refractivity contribution in [3.8, 4) is 34.3 Å². The molecule has 0 atom stereocenters. The highest BCUT2D eigenvalue weighted by Crippen LogP contribution is 2.34. The SMILES string of the molecule is COCCn1c(Cc2cc(F)c(-c3cccc(OCc4ccc(Cl)cc4)n3)cc2Cl)nc2c(F)cc(C(=O)O)cc21.COCCn1c(Cc2cc(F)c(-c3cccc(OCc4ccc(Cl)cc4)n3)cc2Cl)nc2c(F)cc(C(=O)O)cc21. The lowest BCUT2D eigenvalue weighted by molar-refractivity contribution is 0.0686. The number of fused-ring (bicyclic) bond motifs is 2. The van der Waals surface area contributed by atoms with E-state index in [4.69, 9.17) is 65.4 Å². The van der Waals surface area contributed by atoms with Gasteiger partial charge in [-0.25, -0.2) is 47.1 Å². The highest BCUT2D eigenvalue weighted by atomic mass is 35.5. The first-order valence-electron chi connectivity index (χ1n) is 24.9. The van der Waals surface area contributed by atoms with Crippen LogP contribution in [0.1, 0.15) is 54.6 Å². The summed E-state index contributed by atoms with van der Waals surface area (Å²) in [7, 11) is 3.03. The van der Waals surface area contributed by atoms with Crippen LogP contribution in [-0.2, 0) is 48.6 Å². The molecule has 10 aromatic rings. The van der Waals surface area contributed by atoms with Gasteiger partial charge in [-0.3, -0.25) is 0 Å². The first-order chi connectivity index (χ1) is 39.5. The Morgan fingerprint density at radius 3 is 1.26 bits per heavy atom. The Morgan fingerprint density at radius 2 is 0.890 bits per heavy atom. The van der Waals surface area contributed by atoms with Crippen LogP contribution in [0.3, 0.4) is 0 Å². The monoisotopic (exact) mass is 1190 g/mol. The van der Waals surface area contributed by atoms with E-state index >= 15 is 8.78 Å². The average molecular weight is 1200 g/mol. The number of hydrogen-bond acceptors (Lipinski definition) is 10. The van der Waals surface area contributed by atoms with Crippen molar-refractivity contribution in [2.75, 3.05) is 27.4 Å². The molecular weight excluding hydrogens is 1150 g/mol. The van der Waals surface area contributed by atoms with Crippen LogP contribution < -0.4 is 9.47 Å². The van der Waals surface area contributed by atoms with Gasteiger partial charge in [0.2, 0.25) is 11.8 Å². The van der Waals surface area contributed by atoms with Gasteiger partial charge >= 0.3 is 11.9 Å². The summed E-state index contributed by atoms with van der Waals surface area (Å²) in [5, 5.41) is 20.5. The van der Waals surface area contributed by atoms with Crippen LogP contribution in [0.5, 0.6) is 11.8 Å². The number of methoxy groups -OCH3 is 2. The summed E-state index contributed by atoms with van der Waals surface area (Å²) in [5.74, 6) is -3.81. The van der Waals surface area contributed by atoms with Crippen LogP contribution in [0.2, 0.25) is 20.1 Å². The number of carbonyl (C=O) groups is 2. The normalized spacial score (nSPS) is 11.2. The highest BCUT2D eigenvalue weighted by Gasteiger charge is 2.23. The number of hydrogen-bond donors (Lipinski definition) is 2. The van der Waals surface area contributed by atoms with E-state index in [-0.39, 0.29) is 95.7 Å². The molecule has 0 saturated heterocycles. The molecule has 4 heterocycles. The number of nitrogens with zero attached hydrogens (tertiary/aromatic N) is 6. The van der Waals surface area contributed by atoms with Crippen LogP contribution >= 0.6 is 46.4 Å². The highest BCUT2D eigenvalue weighted by molar-refractivity contribution is 6.32. The molecule has 0 saturated carbocycles. The Morgan fingerprint density at radius 1 is 0.500 bits per heavy atom. The summed E-state index contributed by atoms with van der Waals surface area (Å²) in [6.45, 7) is 1.59. The second-order valence-corrected chi connectivity index (χ2v) is 20.0. The molecule has 0 fully saturated rings. The van der Waals surface area contributed by atoms with E-state index in [9.17, 15) is 28.6 Å². The molecule has 0 aliphatic rings. The maximum atomic E-state index is 15.4. The van der Waals surface area contributed by atoms with E-state index in [0.29, 0.717) is 67.0 Å². The molecule has 0 amide bonds. The van der Waals surface area contributed by atoms with Crippen molar-refractivity contribution in [2.45, 2.75) is 39.1 Å². The molecule has 0 radical (unpaired) electrons. The van der Waals surface area contributed by atoms with Crippen molar-refractivity contribution in [3.63, 3.8) is 0 Å². The van der Waals surface area contributed by atoms with E-state index < -0.39 is 35.2 Å². The Hall–Kier alpha value is -8.10. The first kappa shape index (κ1) is 58.6. The molecule has 0 unspecified atom stereocenters. The minimum atomic E-state index is -1.26. The number of imidazole rings is 2. The molecule has 0 spiro atoms. The number of halogens is 8. The number of rotatable bonds is 20. The molecule has 2 N–H and O–H groups in total. The van der Waals surface area contributed by atoms with Gasteiger partial charge in [0.1, 0.15) is 47.5 Å². The lowest BCUT2D eigenvalue weighted by Crippen LogP contribution is -2.10. The predicted molar refractivity (Wildman–Crippen MR) is 304 cm³/mol. The molecular formula is C60H46Cl4F4N6O8. The van der Waals surface area contributed by atoms with E-state index in [1.165, 1.54) is 50.6 Å². The van der Waals surface area contributed by atoms with Gasteiger partial charge in [-0.15, -0.1) is 0 Å². The van der Waals surface area contributed by atoms with Crippen LogP contribution in [0.25, 0.3) is 44.6 Å². The van der Waals surface area contributed by atoms with E-state index in [0.717, 1.165) is 23.3 Å².